The van der Waals surface area contributed by atoms with Gasteiger partial charge in [-0.15, -0.1) is 0 Å². The Hall–Kier alpha value is -2.08. The quantitative estimate of drug-likeness (QED) is 0.504. The van der Waals surface area contributed by atoms with Crippen LogP contribution in [0.3, 0.4) is 0 Å². The Balaban J connectivity index is 2.00. The van der Waals surface area contributed by atoms with E-state index in [-0.39, 0.29) is 17.8 Å². The largest absolute Gasteiger partial charge is 0.469 e. The normalized spacial score (nSPS) is 21.0. The first kappa shape index (κ1) is 18.3. The third-order valence-corrected chi connectivity index (χ3v) is 4.48. The van der Waals surface area contributed by atoms with Gasteiger partial charge in [0.25, 0.3) is 0 Å². The molecule has 0 amide bonds. The fourth-order valence-electron chi connectivity index (χ4n) is 3.13. The first-order chi connectivity index (χ1) is 11.6. The van der Waals surface area contributed by atoms with Crippen LogP contribution in [0.2, 0.25) is 0 Å². The molecule has 6 heteroatoms. The highest BCUT2D eigenvalue weighted by atomic mass is 16.5. The minimum Gasteiger partial charge on any atom is -0.469 e. The molecule has 1 saturated heterocycles. The zero-order chi connectivity index (χ0) is 17.5. The number of nitrogens with one attached hydrogen (secondary N) is 1. The predicted molar refractivity (Wildman–Crippen MR) is 93.6 cm³/mol. The van der Waals surface area contributed by atoms with Gasteiger partial charge in [-0.1, -0.05) is 31.2 Å². The van der Waals surface area contributed by atoms with Crippen LogP contribution < -0.4 is 5.32 Å². The Morgan fingerprint density at radius 2 is 2.00 bits per heavy atom. The van der Waals surface area contributed by atoms with Crippen LogP contribution in [0.1, 0.15) is 18.1 Å². The van der Waals surface area contributed by atoms with Gasteiger partial charge in [-0.3, -0.25) is 9.79 Å². The number of carbonyl (C=O) groups is 1. The third-order valence-electron chi connectivity index (χ3n) is 4.48. The summed E-state index contributed by atoms with van der Waals surface area (Å²) in [7, 11) is 4.90. The van der Waals surface area contributed by atoms with Crippen LogP contribution in [-0.2, 0) is 27.4 Å². The van der Waals surface area contributed by atoms with E-state index in [9.17, 15) is 4.79 Å². The topological polar surface area (TPSA) is 63.2 Å². The van der Waals surface area contributed by atoms with Gasteiger partial charge in [-0.25, -0.2) is 0 Å². The number of guanidine groups is 1. The molecule has 2 rings (SSSR count). The predicted octanol–water partition coefficient (Wildman–Crippen LogP) is 1.65. The fourth-order valence-corrected chi connectivity index (χ4v) is 3.13. The van der Waals surface area contributed by atoms with E-state index < -0.39 is 0 Å². The lowest BCUT2D eigenvalue weighted by atomic mass is 9.99. The Kier molecular flexibility index (Phi) is 6.61. The van der Waals surface area contributed by atoms with E-state index in [0.717, 1.165) is 18.1 Å². The number of esters is 1. The van der Waals surface area contributed by atoms with E-state index in [1.807, 2.05) is 12.1 Å². The van der Waals surface area contributed by atoms with Gasteiger partial charge in [0.15, 0.2) is 5.96 Å². The van der Waals surface area contributed by atoms with Gasteiger partial charge in [-0.05, 0) is 17.0 Å². The molecule has 1 heterocycles. The summed E-state index contributed by atoms with van der Waals surface area (Å²) in [5.74, 6) is 0.803. The van der Waals surface area contributed by atoms with Crippen molar-refractivity contribution < 1.29 is 14.3 Å². The molecule has 1 aromatic rings. The molecule has 1 aliphatic heterocycles. The van der Waals surface area contributed by atoms with Crippen molar-refractivity contribution in [3.63, 3.8) is 0 Å². The molecule has 132 valence electrons. The summed E-state index contributed by atoms with van der Waals surface area (Å²) in [5.41, 5.74) is 2.34. The minimum absolute atomic E-state index is 0.102. The highest BCUT2D eigenvalue weighted by molar-refractivity contribution is 5.82. The smallest absolute Gasteiger partial charge is 0.310 e. The van der Waals surface area contributed by atoms with Gasteiger partial charge in [-0.2, -0.15) is 0 Å². The molecule has 0 saturated carbocycles. The molecule has 1 N–H and O–H groups in total. The van der Waals surface area contributed by atoms with Crippen molar-refractivity contribution >= 4 is 11.9 Å². The maximum atomic E-state index is 11.9. The number of likely N-dealkylation sites (tertiary alicyclic amines) is 1. The second-order valence-electron chi connectivity index (χ2n) is 6.11. The van der Waals surface area contributed by atoms with Gasteiger partial charge in [0.05, 0.1) is 19.6 Å². The number of ether oxygens (including phenoxy) is 2. The molecule has 0 bridgehead atoms. The second-order valence-corrected chi connectivity index (χ2v) is 6.11. The van der Waals surface area contributed by atoms with Crippen molar-refractivity contribution in [3.05, 3.63) is 35.4 Å². The Morgan fingerprint density at radius 3 is 2.62 bits per heavy atom. The van der Waals surface area contributed by atoms with Crippen LogP contribution in [0.4, 0.5) is 0 Å². The number of carbonyl (C=O) groups excluding carboxylic acids is 1. The number of nitrogens with zero attached hydrogens (tertiary/aromatic N) is 2. The van der Waals surface area contributed by atoms with E-state index in [0.29, 0.717) is 19.7 Å². The summed E-state index contributed by atoms with van der Waals surface area (Å²) in [5, 5.41) is 3.39. The van der Waals surface area contributed by atoms with Crippen LogP contribution in [0.25, 0.3) is 0 Å². The molecule has 1 aromatic carbocycles. The Labute approximate surface area is 143 Å². The molecular weight excluding hydrogens is 306 g/mol. The molecular formula is C18H27N3O3. The minimum atomic E-state index is -0.147. The standard InChI is InChI=1S/C18H27N3O3/c1-13-10-21(11-16(13)17(22)24-4)18(19-2)20-9-14-7-5-6-8-15(14)12-23-3/h5-8,13,16H,9-12H2,1-4H3,(H,19,20). The highest BCUT2D eigenvalue weighted by Gasteiger charge is 2.36. The van der Waals surface area contributed by atoms with Crippen LogP contribution >= 0.6 is 0 Å². The molecule has 0 spiro atoms. The summed E-state index contributed by atoms with van der Waals surface area (Å²) >= 11 is 0. The second kappa shape index (κ2) is 8.68. The molecule has 2 atom stereocenters. The van der Waals surface area contributed by atoms with Crippen molar-refractivity contribution in [3.8, 4) is 0 Å². The lowest BCUT2D eigenvalue weighted by Gasteiger charge is -2.22. The molecule has 6 nitrogen and oxygen atoms in total. The van der Waals surface area contributed by atoms with E-state index in [2.05, 4.69) is 34.3 Å². The summed E-state index contributed by atoms with van der Waals surface area (Å²) in [6.45, 7) is 4.75. The van der Waals surface area contributed by atoms with Crippen LogP contribution in [0.5, 0.6) is 0 Å². The van der Waals surface area contributed by atoms with E-state index in [1.54, 1.807) is 14.2 Å². The SMILES string of the molecule is CN=C(NCc1ccccc1COC)N1CC(C)C(C(=O)OC)C1. The molecule has 0 aliphatic carbocycles. The van der Waals surface area contributed by atoms with Gasteiger partial charge in [0.1, 0.15) is 0 Å². The number of hydrogen-bond acceptors (Lipinski definition) is 4. The average Bonchev–Trinajstić information content (AvgIpc) is 2.98. The summed E-state index contributed by atoms with van der Waals surface area (Å²) in [6, 6.07) is 8.17. The average molecular weight is 333 g/mol. The zero-order valence-corrected chi connectivity index (χ0v) is 14.9. The molecule has 1 aliphatic rings. The maximum Gasteiger partial charge on any atom is 0.310 e. The van der Waals surface area contributed by atoms with Crippen molar-refractivity contribution in [1.82, 2.24) is 10.2 Å². The molecule has 1 fully saturated rings. The Bertz CT molecular complexity index is 589. The van der Waals surface area contributed by atoms with Crippen molar-refractivity contribution in [2.45, 2.75) is 20.1 Å². The van der Waals surface area contributed by atoms with Crippen molar-refractivity contribution in [1.29, 1.82) is 0 Å². The number of hydrogen-bond donors (Lipinski definition) is 1. The van der Waals surface area contributed by atoms with Crippen molar-refractivity contribution in [2.75, 3.05) is 34.4 Å². The monoisotopic (exact) mass is 333 g/mol. The fraction of sp³-hybridized carbons (Fsp3) is 0.556. The molecule has 0 aromatic heterocycles. The molecule has 2 unspecified atom stereocenters. The number of benzene rings is 1. The number of methoxy groups -OCH3 is 2. The summed E-state index contributed by atoms with van der Waals surface area (Å²) in [6.07, 6.45) is 0. The van der Waals surface area contributed by atoms with E-state index >= 15 is 0 Å². The van der Waals surface area contributed by atoms with E-state index in [1.165, 1.54) is 12.7 Å². The maximum absolute atomic E-state index is 11.9. The van der Waals surface area contributed by atoms with Gasteiger partial charge in [0, 0.05) is 33.8 Å². The van der Waals surface area contributed by atoms with E-state index in [4.69, 9.17) is 9.47 Å². The summed E-state index contributed by atoms with van der Waals surface area (Å²) in [4.78, 5) is 18.3. The zero-order valence-electron chi connectivity index (χ0n) is 14.9. The van der Waals surface area contributed by atoms with Crippen LogP contribution in [0.15, 0.2) is 29.3 Å². The van der Waals surface area contributed by atoms with Gasteiger partial charge in [0.2, 0.25) is 0 Å². The first-order valence-electron chi connectivity index (χ1n) is 8.19. The first-order valence-corrected chi connectivity index (χ1v) is 8.19. The van der Waals surface area contributed by atoms with Crippen LogP contribution in [0, 0.1) is 11.8 Å². The van der Waals surface area contributed by atoms with Crippen LogP contribution in [-0.4, -0.2) is 51.2 Å². The molecule has 0 radical (unpaired) electrons. The van der Waals surface area contributed by atoms with Gasteiger partial charge < -0.3 is 19.7 Å². The lowest BCUT2D eigenvalue weighted by Crippen LogP contribution is -2.40. The highest BCUT2D eigenvalue weighted by Crippen LogP contribution is 2.24. The summed E-state index contributed by atoms with van der Waals surface area (Å²) < 4.78 is 10.1. The molecule has 24 heavy (non-hydrogen) atoms. The van der Waals surface area contributed by atoms with Gasteiger partial charge >= 0.3 is 5.97 Å². The Morgan fingerprint density at radius 1 is 1.29 bits per heavy atom. The number of aliphatic imine (C=N–C) groups is 1. The lowest BCUT2D eigenvalue weighted by molar-refractivity contribution is -0.145. The third kappa shape index (κ3) is 4.26. The number of rotatable bonds is 5. The van der Waals surface area contributed by atoms with Crippen molar-refractivity contribution in [2.24, 2.45) is 16.8 Å².